The first-order valence-corrected chi connectivity index (χ1v) is 8.07. The monoisotopic (exact) mass is 303 g/mol. The van der Waals surface area contributed by atoms with Gasteiger partial charge in [0.05, 0.1) is 13.7 Å². The number of hydrogen-bond acceptors (Lipinski definition) is 4. The Hall–Kier alpha value is -1.60. The molecule has 0 radical (unpaired) electrons. The van der Waals surface area contributed by atoms with Gasteiger partial charge in [-0.3, -0.25) is 0 Å². The molecule has 1 aliphatic rings. The van der Waals surface area contributed by atoms with Crippen LogP contribution < -0.4 is 4.74 Å². The summed E-state index contributed by atoms with van der Waals surface area (Å²) < 4.78 is 15.1. The van der Waals surface area contributed by atoms with Gasteiger partial charge in [0.25, 0.3) is 5.90 Å². The lowest BCUT2D eigenvalue weighted by Gasteiger charge is -2.21. The van der Waals surface area contributed by atoms with Crippen LogP contribution in [0, 0.1) is 18.3 Å². The molecule has 0 aliphatic heterocycles. The van der Waals surface area contributed by atoms with Crippen molar-refractivity contribution in [3.05, 3.63) is 24.3 Å². The second kappa shape index (κ2) is 8.63. The molecule has 1 fully saturated rings. The Bertz CT molecular complexity index is 499. The summed E-state index contributed by atoms with van der Waals surface area (Å²) in [6.45, 7) is 0.687. The summed E-state index contributed by atoms with van der Waals surface area (Å²) in [5, 5.41) is 0. The van der Waals surface area contributed by atoms with E-state index in [1.165, 1.54) is 44.1 Å². The highest BCUT2D eigenvalue weighted by Crippen LogP contribution is 2.25. The van der Waals surface area contributed by atoms with Crippen molar-refractivity contribution in [2.24, 2.45) is 10.3 Å². The molecule has 4 heteroatoms. The van der Waals surface area contributed by atoms with E-state index in [1.807, 2.05) is 24.3 Å². The molecule has 0 aromatic heterocycles. The minimum absolute atomic E-state index is 0.376. The van der Waals surface area contributed by atoms with Gasteiger partial charge in [-0.05, 0) is 48.9 Å². The number of rotatable bonds is 5. The Morgan fingerprint density at radius 1 is 1.29 bits per heavy atom. The summed E-state index contributed by atoms with van der Waals surface area (Å²) in [7, 11) is 1.65. The summed E-state index contributed by atoms with van der Waals surface area (Å²) >= 11 is 1.32. The average molecular weight is 303 g/mol. The molecule has 0 heterocycles. The van der Waals surface area contributed by atoms with Crippen LogP contribution in [0.5, 0.6) is 5.75 Å². The summed E-state index contributed by atoms with van der Waals surface area (Å²) in [4.78, 5) is 1.00. The molecule has 1 saturated carbocycles. The molecule has 21 heavy (non-hydrogen) atoms. The van der Waals surface area contributed by atoms with Gasteiger partial charge in [0.2, 0.25) is 0 Å². The molecular weight excluding hydrogens is 282 g/mol. The van der Waals surface area contributed by atoms with Gasteiger partial charge in [-0.1, -0.05) is 19.3 Å². The maximum Gasteiger partial charge on any atom is 0.275 e. The highest BCUT2D eigenvalue weighted by Gasteiger charge is 2.14. The van der Waals surface area contributed by atoms with Gasteiger partial charge in [0, 0.05) is 16.8 Å². The van der Waals surface area contributed by atoms with Crippen molar-refractivity contribution >= 4 is 17.8 Å². The minimum atomic E-state index is 0.376. The summed E-state index contributed by atoms with van der Waals surface area (Å²) in [5.41, 5.74) is 0. The molecule has 0 unspecified atom stereocenters. The van der Waals surface area contributed by atoms with Crippen LogP contribution in [0.4, 0.5) is 0 Å². The predicted molar refractivity (Wildman–Crippen MR) is 87.6 cm³/mol. The van der Waals surface area contributed by atoms with Crippen LogP contribution in [-0.2, 0) is 4.74 Å². The van der Waals surface area contributed by atoms with Gasteiger partial charge < -0.3 is 9.47 Å². The van der Waals surface area contributed by atoms with E-state index < -0.39 is 0 Å². The zero-order chi connectivity index (χ0) is 14.9. The topological polar surface area (TPSA) is 30.8 Å². The van der Waals surface area contributed by atoms with E-state index >= 15 is 0 Å². The fourth-order valence-electron chi connectivity index (χ4n) is 2.38. The summed E-state index contributed by atoms with van der Waals surface area (Å²) in [6.07, 6.45) is 11.9. The third-order valence-electron chi connectivity index (χ3n) is 3.60. The van der Waals surface area contributed by atoms with Gasteiger partial charge in [0.15, 0.2) is 0 Å². The molecule has 3 nitrogen and oxygen atoms in total. The lowest BCUT2D eigenvalue weighted by atomic mass is 9.90. The van der Waals surface area contributed by atoms with Crippen molar-refractivity contribution in [2.75, 3.05) is 13.7 Å². The smallest absolute Gasteiger partial charge is 0.275 e. The fraction of sp³-hybridized carbons (Fsp3) is 0.471. The molecule has 0 bridgehead atoms. The molecule has 1 aromatic carbocycles. The first-order chi connectivity index (χ1) is 10.3. The number of methoxy groups -OCH3 is 1. The van der Waals surface area contributed by atoms with E-state index in [1.54, 1.807) is 7.11 Å². The SMILES string of the molecule is C#CC(=NSc1ccc(OC)cc1)OCC1CCCCC1. The van der Waals surface area contributed by atoms with E-state index in [4.69, 9.17) is 15.9 Å². The molecule has 0 spiro atoms. The van der Waals surface area contributed by atoms with Crippen molar-refractivity contribution < 1.29 is 9.47 Å². The maximum absolute atomic E-state index is 5.67. The van der Waals surface area contributed by atoms with Crippen LogP contribution in [0.1, 0.15) is 32.1 Å². The lowest BCUT2D eigenvalue weighted by molar-refractivity contribution is 0.202. The van der Waals surface area contributed by atoms with Crippen LogP contribution in [0.15, 0.2) is 33.6 Å². The molecule has 2 rings (SSSR count). The fourth-order valence-corrected chi connectivity index (χ4v) is 2.93. The van der Waals surface area contributed by atoms with Crippen molar-refractivity contribution in [3.63, 3.8) is 0 Å². The first kappa shape index (κ1) is 15.8. The van der Waals surface area contributed by atoms with Crippen molar-refractivity contribution in [1.82, 2.24) is 0 Å². The quantitative estimate of drug-likeness (QED) is 0.351. The van der Waals surface area contributed by atoms with Gasteiger partial charge >= 0.3 is 0 Å². The normalized spacial score (nSPS) is 16.3. The second-order valence-corrected chi connectivity index (χ2v) is 5.96. The van der Waals surface area contributed by atoms with Crippen LogP contribution in [0.2, 0.25) is 0 Å². The van der Waals surface area contributed by atoms with E-state index in [2.05, 4.69) is 10.3 Å². The van der Waals surface area contributed by atoms with Gasteiger partial charge in [-0.15, -0.1) is 6.42 Å². The van der Waals surface area contributed by atoms with Crippen molar-refractivity contribution in [3.8, 4) is 18.1 Å². The number of hydrogen-bond donors (Lipinski definition) is 0. The van der Waals surface area contributed by atoms with Gasteiger partial charge in [0.1, 0.15) is 5.75 Å². The van der Waals surface area contributed by atoms with Crippen LogP contribution in [-0.4, -0.2) is 19.6 Å². The lowest BCUT2D eigenvalue weighted by Crippen LogP contribution is -2.15. The largest absolute Gasteiger partial charge is 0.497 e. The molecule has 0 atom stereocenters. The zero-order valence-electron chi connectivity index (χ0n) is 12.4. The van der Waals surface area contributed by atoms with E-state index in [9.17, 15) is 0 Å². The van der Waals surface area contributed by atoms with E-state index in [0.717, 1.165) is 10.6 Å². The zero-order valence-corrected chi connectivity index (χ0v) is 13.2. The van der Waals surface area contributed by atoms with Gasteiger partial charge in [-0.25, -0.2) is 0 Å². The van der Waals surface area contributed by atoms with E-state index in [0.29, 0.717) is 18.4 Å². The molecule has 1 aromatic rings. The molecule has 112 valence electrons. The number of nitrogens with zero attached hydrogens (tertiary/aromatic N) is 1. The highest BCUT2D eigenvalue weighted by atomic mass is 32.2. The van der Waals surface area contributed by atoms with Crippen LogP contribution in [0.25, 0.3) is 0 Å². The predicted octanol–water partition coefficient (Wildman–Crippen LogP) is 4.33. The summed E-state index contributed by atoms with van der Waals surface area (Å²) in [6, 6.07) is 7.69. The molecule has 0 saturated heterocycles. The Morgan fingerprint density at radius 2 is 2.00 bits per heavy atom. The minimum Gasteiger partial charge on any atom is -0.497 e. The number of ether oxygens (including phenoxy) is 2. The van der Waals surface area contributed by atoms with Crippen molar-refractivity contribution in [2.45, 2.75) is 37.0 Å². The summed E-state index contributed by atoms with van der Waals surface area (Å²) in [5.74, 6) is 4.35. The van der Waals surface area contributed by atoms with Gasteiger partial charge in [-0.2, -0.15) is 4.40 Å². The molecule has 0 amide bonds. The Labute approximate surface area is 131 Å². The van der Waals surface area contributed by atoms with Crippen LogP contribution >= 0.6 is 11.9 Å². The maximum atomic E-state index is 5.67. The molecule has 0 N–H and O–H groups in total. The second-order valence-electron chi connectivity index (χ2n) is 5.12. The van der Waals surface area contributed by atoms with E-state index in [-0.39, 0.29) is 0 Å². The molecule has 1 aliphatic carbocycles. The third-order valence-corrected chi connectivity index (χ3v) is 4.34. The number of terminal acetylenes is 1. The first-order valence-electron chi connectivity index (χ1n) is 7.30. The number of benzene rings is 1. The Kier molecular flexibility index (Phi) is 6.49. The standard InChI is InChI=1S/C17H21NO2S/c1-3-17(20-13-14-7-5-4-6-8-14)18-21-16-11-9-15(19-2)10-12-16/h1,9-12,14H,4-8,13H2,2H3. The third kappa shape index (κ3) is 5.35. The van der Waals surface area contributed by atoms with Crippen molar-refractivity contribution in [1.29, 1.82) is 0 Å². The van der Waals surface area contributed by atoms with Crippen LogP contribution in [0.3, 0.4) is 0 Å². The Balaban J connectivity index is 1.83. The average Bonchev–Trinajstić information content (AvgIpc) is 2.56. The Morgan fingerprint density at radius 3 is 2.62 bits per heavy atom. The molecular formula is C17H21NO2S. The highest BCUT2D eigenvalue weighted by molar-refractivity contribution is 7.98.